The van der Waals surface area contributed by atoms with Gasteiger partial charge in [0.05, 0.1) is 10.6 Å². The van der Waals surface area contributed by atoms with Crippen molar-refractivity contribution < 1.29 is 4.79 Å². The summed E-state index contributed by atoms with van der Waals surface area (Å²) in [5.74, 6) is 0.623. The van der Waals surface area contributed by atoms with Gasteiger partial charge in [-0.15, -0.1) is 0 Å². The largest absolute Gasteiger partial charge is 0.357 e. The summed E-state index contributed by atoms with van der Waals surface area (Å²) in [5.41, 5.74) is 0.495. The maximum Gasteiger partial charge on any atom is 0.252 e. The van der Waals surface area contributed by atoms with Crippen molar-refractivity contribution in [3.63, 3.8) is 0 Å². The highest BCUT2D eigenvalue weighted by Crippen LogP contribution is 2.14. The summed E-state index contributed by atoms with van der Waals surface area (Å²) in [6.45, 7) is 6.94. The highest BCUT2D eigenvalue weighted by Gasteiger charge is 2.08. The van der Waals surface area contributed by atoms with Gasteiger partial charge in [0.1, 0.15) is 0 Å². The third kappa shape index (κ3) is 7.88. The van der Waals surface area contributed by atoms with Crippen molar-refractivity contribution in [1.82, 2.24) is 16.0 Å². The van der Waals surface area contributed by atoms with Gasteiger partial charge in [0.15, 0.2) is 5.96 Å². The number of guanidine groups is 1. The minimum atomic E-state index is -0.165. The average Bonchev–Trinajstić information content (AvgIpc) is 2.55. The summed E-state index contributed by atoms with van der Waals surface area (Å²) in [4.78, 5) is 16.5. The molecule has 0 atom stereocenters. The van der Waals surface area contributed by atoms with Crippen molar-refractivity contribution in [3.8, 4) is 0 Å². The Labute approximate surface area is 143 Å². The van der Waals surface area contributed by atoms with E-state index in [-0.39, 0.29) is 5.91 Å². The molecule has 3 N–H and O–H groups in total. The lowest BCUT2D eigenvalue weighted by atomic mass is 10.2. The fraction of sp³-hybridized carbons (Fsp3) is 0.529. The van der Waals surface area contributed by atoms with E-state index >= 15 is 0 Å². The van der Waals surface area contributed by atoms with Gasteiger partial charge in [-0.2, -0.15) is 0 Å². The van der Waals surface area contributed by atoms with E-state index in [0.717, 1.165) is 25.5 Å². The number of aliphatic imine (C=N–C) groups is 1. The van der Waals surface area contributed by atoms with Crippen molar-refractivity contribution in [2.24, 2.45) is 4.99 Å². The van der Waals surface area contributed by atoms with Gasteiger partial charge in [0, 0.05) is 26.2 Å². The van der Waals surface area contributed by atoms with Gasteiger partial charge >= 0.3 is 0 Å². The Morgan fingerprint density at radius 3 is 2.52 bits per heavy atom. The number of hydrogen-bond acceptors (Lipinski definition) is 2. The molecule has 1 amide bonds. The molecule has 0 aliphatic heterocycles. The molecule has 0 aliphatic rings. The van der Waals surface area contributed by atoms with Crippen LogP contribution in [0.2, 0.25) is 5.02 Å². The molecule has 0 unspecified atom stereocenters. The van der Waals surface area contributed by atoms with Crippen LogP contribution in [0, 0.1) is 0 Å². The lowest BCUT2D eigenvalue weighted by Gasteiger charge is -2.12. The third-order valence-corrected chi connectivity index (χ3v) is 3.53. The smallest absolute Gasteiger partial charge is 0.252 e. The second-order valence-electron chi connectivity index (χ2n) is 5.13. The second-order valence-corrected chi connectivity index (χ2v) is 5.54. The molecule has 0 fully saturated rings. The predicted octanol–water partition coefficient (Wildman–Crippen LogP) is 2.82. The van der Waals surface area contributed by atoms with Crippen LogP contribution in [-0.4, -0.2) is 38.0 Å². The lowest BCUT2D eigenvalue weighted by molar-refractivity contribution is 0.0954. The molecule has 0 bridgehead atoms. The molecule has 1 aromatic rings. The van der Waals surface area contributed by atoms with Gasteiger partial charge in [-0.05, 0) is 25.5 Å². The molecular formula is C17H27ClN4O. The molecule has 0 heterocycles. The van der Waals surface area contributed by atoms with E-state index in [9.17, 15) is 4.79 Å². The average molecular weight is 339 g/mol. The van der Waals surface area contributed by atoms with E-state index in [1.54, 1.807) is 24.3 Å². The highest BCUT2D eigenvalue weighted by molar-refractivity contribution is 6.33. The van der Waals surface area contributed by atoms with Crippen molar-refractivity contribution in [2.75, 3.05) is 26.2 Å². The van der Waals surface area contributed by atoms with Crippen molar-refractivity contribution in [1.29, 1.82) is 0 Å². The maximum absolute atomic E-state index is 12.0. The first kappa shape index (κ1) is 19.3. The number of rotatable bonds is 9. The van der Waals surface area contributed by atoms with E-state index in [0.29, 0.717) is 23.7 Å². The fourth-order valence-corrected chi connectivity index (χ4v) is 2.21. The molecule has 0 radical (unpaired) electrons. The van der Waals surface area contributed by atoms with Crippen LogP contribution in [0.5, 0.6) is 0 Å². The molecule has 23 heavy (non-hydrogen) atoms. The Morgan fingerprint density at radius 1 is 1.09 bits per heavy atom. The Hall–Kier alpha value is -1.75. The van der Waals surface area contributed by atoms with E-state index in [1.165, 1.54) is 12.8 Å². The summed E-state index contributed by atoms with van der Waals surface area (Å²) in [6.07, 6.45) is 3.47. The van der Waals surface area contributed by atoms with Crippen LogP contribution in [0.4, 0.5) is 0 Å². The molecular weight excluding hydrogens is 312 g/mol. The maximum atomic E-state index is 12.0. The van der Waals surface area contributed by atoms with Crippen LogP contribution in [0.15, 0.2) is 29.3 Å². The van der Waals surface area contributed by atoms with Crippen molar-refractivity contribution in [2.45, 2.75) is 33.1 Å². The molecule has 5 nitrogen and oxygen atoms in total. The number of nitrogens with one attached hydrogen (secondary N) is 3. The van der Waals surface area contributed by atoms with E-state index in [2.05, 4.69) is 27.9 Å². The summed E-state index contributed by atoms with van der Waals surface area (Å²) in [7, 11) is 0. The third-order valence-electron chi connectivity index (χ3n) is 3.20. The summed E-state index contributed by atoms with van der Waals surface area (Å²) >= 11 is 6.00. The number of hydrogen-bond donors (Lipinski definition) is 3. The van der Waals surface area contributed by atoms with Crippen molar-refractivity contribution >= 4 is 23.5 Å². The van der Waals surface area contributed by atoms with Crippen molar-refractivity contribution in [3.05, 3.63) is 34.9 Å². The SMILES string of the molecule is CCCCCN=C(NCC)NCCNC(=O)c1ccccc1Cl. The summed E-state index contributed by atoms with van der Waals surface area (Å²) in [5, 5.41) is 9.71. The zero-order chi connectivity index (χ0) is 16.9. The Balaban J connectivity index is 2.33. The van der Waals surface area contributed by atoms with Crippen LogP contribution in [0.25, 0.3) is 0 Å². The Bertz CT molecular complexity index is 505. The standard InChI is InChI=1S/C17H27ClN4O/c1-3-5-8-11-21-17(19-4-2)22-13-12-20-16(23)14-9-6-7-10-15(14)18/h6-7,9-10H,3-5,8,11-13H2,1-2H3,(H,20,23)(H2,19,21,22). The number of carbonyl (C=O) groups is 1. The Morgan fingerprint density at radius 2 is 1.83 bits per heavy atom. The number of amides is 1. The molecule has 0 saturated heterocycles. The van der Waals surface area contributed by atoms with Crippen LogP contribution >= 0.6 is 11.6 Å². The highest BCUT2D eigenvalue weighted by atomic mass is 35.5. The van der Waals surface area contributed by atoms with Gasteiger partial charge < -0.3 is 16.0 Å². The summed E-state index contributed by atoms with van der Waals surface area (Å²) in [6, 6.07) is 7.02. The normalized spacial score (nSPS) is 11.2. The first-order chi connectivity index (χ1) is 11.2. The van der Waals surface area contributed by atoms with E-state index in [1.807, 2.05) is 6.92 Å². The monoisotopic (exact) mass is 338 g/mol. The number of nitrogens with zero attached hydrogens (tertiary/aromatic N) is 1. The molecule has 0 aromatic heterocycles. The second kappa shape index (κ2) is 11.8. The molecule has 0 spiro atoms. The van der Waals surface area contributed by atoms with Crippen LogP contribution in [0.3, 0.4) is 0 Å². The topological polar surface area (TPSA) is 65.5 Å². The molecule has 6 heteroatoms. The number of carbonyl (C=O) groups excluding carboxylic acids is 1. The van der Waals surface area contributed by atoms with E-state index in [4.69, 9.17) is 11.6 Å². The van der Waals surface area contributed by atoms with Crippen LogP contribution in [-0.2, 0) is 0 Å². The molecule has 0 saturated carbocycles. The number of halogens is 1. The minimum absolute atomic E-state index is 0.165. The zero-order valence-electron chi connectivity index (χ0n) is 14.0. The van der Waals surface area contributed by atoms with Gasteiger partial charge in [-0.1, -0.05) is 43.5 Å². The van der Waals surface area contributed by atoms with Crippen LogP contribution in [0.1, 0.15) is 43.5 Å². The first-order valence-electron chi connectivity index (χ1n) is 8.24. The first-order valence-corrected chi connectivity index (χ1v) is 8.61. The fourth-order valence-electron chi connectivity index (χ4n) is 1.99. The van der Waals surface area contributed by atoms with Gasteiger partial charge in [0.25, 0.3) is 5.91 Å². The van der Waals surface area contributed by atoms with E-state index < -0.39 is 0 Å². The Kier molecular flexibility index (Phi) is 9.87. The summed E-state index contributed by atoms with van der Waals surface area (Å²) < 4.78 is 0. The van der Waals surface area contributed by atoms with Gasteiger partial charge in [0.2, 0.25) is 0 Å². The van der Waals surface area contributed by atoms with Gasteiger partial charge in [-0.3, -0.25) is 9.79 Å². The molecule has 0 aliphatic carbocycles. The molecule has 128 valence electrons. The lowest BCUT2D eigenvalue weighted by Crippen LogP contribution is -2.41. The minimum Gasteiger partial charge on any atom is -0.357 e. The number of unbranched alkanes of at least 4 members (excludes halogenated alkanes) is 2. The zero-order valence-corrected chi connectivity index (χ0v) is 14.7. The number of benzene rings is 1. The quantitative estimate of drug-likeness (QED) is 0.368. The molecule has 1 aromatic carbocycles. The van der Waals surface area contributed by atoms with Crippen LogP contribution < -0.4 is 16.0 Å². The molecule has 1 rings (SSSR count). The van der Waals surface area contributed by atoms with Gasteiger partial charge in [-0.25, -0.2) is 0 Å². The predicted molar refractivity (Wildman–Crippen MR) is 97.3 cm³/mol.